The fourth-order valence-electron chi connectivity index (χ4n) is 1.12. The predicted molar refractivity (Wildman–Crippen MR) is 71.9 cm³/mol. The Balaban J connectivity index is 2.73. The summed E-state index contributed by atoms with van der Waals surface area (Å²) in [5, 5.41) is 0.0452. The summed E-state index contributed by atoms with van der Waals surface area (Å²) in [4.78, 5) is 3.61. The molecule has 0 radical (unpaired) electrons. The minimum absolute atomic E-state index is 0.0452. The lowest BCUT2D eigenvalue weighted by atomic mass is 10.5. The van der Waals surface area contributed by atoms with E-state index in [4.69, 9.17) is 11.6 Å². The maximum Gasteiger partial charge on any atom is 0.240 e. The Bertz CT molecular complexity index is 643. The van der Waals surface area contributed by atoms with Gasteiger partial charge >= 0.3 is 0 Å². The molecule has 108 valence electrons. The van der Waals surface area contributed by atoms with Gasteiger partial charge in [0.1, 0.15) is 5.15 Å². The van der Waals surface area contributed by atoms with Crippen LogP contribution in [0.5, 0.6) is 0 Å². The van der Waals surface area contributed by atoms with E-state index in [2.05, 4.69) is 9.71 Å². The highest BCUT2D eigenvalue weighted by Crippen LogP contribution is 2.12. The molecule has 0 aliphatic carbocycles. The quantitative estimate of drug-likeness (QED) is 0.736. The monoisotopic (exact) mass is 327 g/mol. The van der Waals surface area contributed by atoms with E-state index in [1.807, 2.05) is 0 Å². The van der Waals surface area contributed by atoms with Crippen LogP contribution in [0.3, 0.4) is 0 Å². The SMILES string of the molecule is CN(C)S(=O)(=O)CCNS(=O)(=O)c1ccnc(Cl)c1. The van der Waals surface area contributed by atoms with Gasteiger partial charge in [0.15, 0.2) is 0 Å². The molecule has 0 fully saturated rings. The first kappa shape index (κ1) is 16.3. The third-order valence-electron chi connectivity index (χ3n) is 2.22. The van der Waals surface area contributed by atoms with Crippen molar-refractivity contribution in [3.63, 3.8) is 0 Å². The van der Waals surface area contributed by atoms with Gasteiger partial charge in [0, 0.05) is 26.8 Å². The van der Waals surface area contributed by atoms with Crippen LogP contribution < -0.4 is 4.72 Å². The summed E-state index contributed by atoms with van der Waals surface area (Å²) in [6.45, 7) is -0.219. The summed E-state index contributed by atoms with van der Waals surface area (Å²) in [5.74, 6) is -0.321. The van der Waals surface area contributed by atoms with E-state index < -0.39 is 20.0 Å². The van der Waals surface area contributed by atoms with Crippen LogP contribution >= 0.6 is 11.6 Å². The molecule has 0 bridgehead atoms. The summed E-state index contributed by atoms with van der Waals surface area (Å²) in [5.41, 5.74) is 0. The molecule has 0 unspecified atom stereocenters. The van der Waals surface area contributed by atoms with Gasteiger partial charge in [-0.2, -0.15) is 0 Å². The Hall–Kier alpha value is -0.740. The number of pyridine rings is 1. The lowest BCUT2D eigenvalue weighted by molar-refractivity contribution is 0.519. The Labute approximate surface area is 117 Å². The average molecular weight is 328 g/mol. The van der Waals surface area contributed by atoms with Gasteiger partial charge in [0.2, 0.25) is 20.0 Å². The van der Waals surface area contributed by atoms with Crippen LogP contribution in [-0.2, 0) is 20.0 Å². The first-order valence-electron chi connectivity index (χ1n) is 5.16. The zero-order chi connectivity index (χ0) is 14.7. The number of hydrogen-bond donors (Lipinski definition) is 1. The summed E-state index contributed by atoms with van der Waals surface area (Å²) in [7, 11) is -4.47. The van der Waals surface area contributed by atoms with Crippen molar-refractivity contribution in [2.75, 3.05) is 26.4 Å². The number of aromatic nitrogens is 1. The Morgan fingerprint density at radius 3 is 2.47 bits per heavy atom. The van der Waals surface area contributed by atoms with E-state index in [-0.39, 0.29) is 22.3 Å². The van der Waals surface area contributed by atoms with Gasteiger partial charge in [-0.15, -0.1) is 0 Å². The maximum absolute atomic E-state index is 11.8. The van der Waals surface area contributed by atoms with Crippen molar-refractivity contribution in [1.29, 1.82) is 0 Å². The molecule has 0 aromatic carbocycles. The molecular weight excluding hydrogens is 314 g/mol. The van der Waals surface area contributed by atoms with Crippen molar-refractivity contribution in [3.05, 3.63) is 23.5 Å². The molecule has 1 aromatic rings. The molecule has 0 saturated carbocycles. The number of nitrogens with zero attached hydrogens (tertiary/aromatic N) is 2. The smallest absolute Gasteiger partial charge is 0.240 e. The standard InChI is InChI=1S/C9H14ClN3O4S2/c1-13(2)18(14,15)6-5-12-19(16,17)8-3-4-11-9(10)7-8/h3-4,7,12H,5-6H2,1-2H3. The highest BCUT2D eigenvalue weighted by molar-refractivity contribution is 7.90. The minimum atomic E-state index is -3.79. The molecule has 1 aromatic heterocycles. The normalized spacial score (nSPS) is 12.8. The number of sulfonamides is 2. The van der Waals surface area contributed by atoms with Crippen LogP contribution in [0.15, 0.2) is 23.2 Å². The maximum atomic E-state index is 11.8. The third-order valence-corrected chi connectivity index (χ3v) is 5.71. The Morgan fingerprint density at radius 2 is 1.95 bits per heavy atom. The highest BCUT2D eigenvalue weighted by Gasteiger charge is 2.18. The van der Waals surface area contributed by atoms with Gasteiger partial charge < -0.3 is 0 Å². The zero-order valence-corrected chi connectivity index (χ0v) is 12.8. The molecule has 0 saturated heterocycles. The highest BCUT2D eigenvalue weighted by atomic mass is 35.5. The molecule has 19 heavy (non-hydrogen) atoms. The van der Waals surface area contributed by atoms with Gasteiger partial charge in [-0.25, -0.2) is 30.8 Å². The molecule has 0 amide bonds. The summed E-state index contributed by atoms with van der Waals surface area (Å²) < 4.78 is 49.8. The molecule has 0 aliphatic heterocycles. The third kappa shape index (κ3) is 4.69. The van der Waals surface area contributed by atoms with Crippen LogP contribution in [0, 0.1) is 0 Å². The van der Waals surface area contributed by atoms with Crippen LogP contribution in [-0.4, -0.2) is 52.5 Å². The lowest BCUT2D eigenvalue weighted by Crippen LogP contribution is -2.33. The van der Waals surface area contributed by atoms with Gasteiger partial charge in [-0.1, -0.05) is 11.6 Å². The summed E-state index contributed by atoms with van der Waals surface area (Å²) in [6, 6.07) is 2.46. The Kier molecular flexibility index (Phi) is 5.27. The molecular formula is C9H14ClN3O4S2. The van der Waals surface area contributed by atoms with Crippen molar-refractivity contribution in [3.8, 4) is 0 Å². The molecule has 1 rings (SSSR count). The topological polar surface area (TPSA) is 96.4 Å². The van der Waals surface area contributed by atoms with Gasteiger partial charge in [-0.3, -0.25) is 0 Å². The molecule has 1 heterocycles. The first-order valence-corrected chi connectivity index (χ1v) is 8.63. The molecule has 1 N–H and O–H groups in total. The minimum Gasteiger partial charge on any atom is -0.244 e. The zero-order valence-electron chi connectivity index (χ0n) is 10.4. The number of halogens is 1. The van der Waals surface area contributed by atoms with Gasteiger partial charge in [0.25, 0.3) is 0 Å². The van der Waals surface area contributed by atoms with Gasteiger partial charge in [0.05, 0.1) is 10.6 Å². The molecule has 0 atom stereocenters. The first-order chi connectivity index (χ1) is 8.65. The van der Waals surface area contributed by atoms with E-state index in [1.54, 1.807) is 0 Å². The van der Waals surface area contributed by atoms with E-state index in [0.29, 0.717) is 0 Å². The number of hydrogen-bond acceptors (Lipinski definition) is 5. The summed E-state index contributed by atoms with van der Waals surface area (Å²) in [6.07, 6.45) is 1.26. The van der Waals surface area contributed by atoms with Crippen LogP contribution in [0.2, 0.25) is 5.15 Å². The van der Waals surface area contributed by atoms with E-state index in [1.165, 1.54) is 32.4 Å². The molecule has 7 nitrogen and oxygen atoms in total. The van der Waals surface area contributed by atoms with Crippen molar-refractivity contribution < 1.29 is 16.8 Å². The van der Waals surface area contributed by atoms with Crippen molar-refractivity contribution in [1.82, 2.24) is 14.0 Å². The van der Waals surface area contributed by atoms with Crippen molar-refractivity contribution in [2.24, 2.45) is 0 Å². The van der Waals surface area contributed by atoms with Crippen molar-refractivity contribution >= 4 is 31.6 Å². The molecule has 0 aliphatic rings. The summed E-state index contributed by atoms with van der Waals surface area (Å²) >= 11 is 5.59. The second-order valence-electron chi connectivity index (χ2n) is 3.81. The average Bonchev–Trinajstić information content (AvgIpc) is 2.28. The van der Waals surface area contributed by atoms with Crippen LogP contribution in [0.1, 0.15) is 0 Å². The predicted octanol–water partition coefficient (Wildman–Crippen LogP) is -0.0953. The van der Waals surface area contributed by atoms with E-state index in [9.17, 15) is 16.8 Å². The lowest BCUT2D eigenvalue weighted by Gasteiger charge is -2.11. The van der Waals surface area contributed by atoms with Crippen LogP contribution in [0.25, 0.3) is 0 Å². The largest absolute Gasteiger partial charge is 0.244 e. The Morgan fingerprint density at radius 1 is 1.32 bits per heavy atom. The van der Waals surface area contributed by atoms with Crippen molar-refractivity contribution in [2.45, 2.75) is 4.90 Å². The second kappa shape index (κ2) is 6.14. The fourth-order valence-corrected chi connectivity index (χ4v) is 3.26. The fraction of sp³-hybridized carbons (Fsp3) is 0.444. The second-order valence-corrected chi connectivity index (χ2v) is 8.27. The molecule has 10 heteroatoms. The number of rotatable bonds is 6. The number of nitrogens with one attached hydrogen (secondary N) is 1. The van der Waals surface area contributed by atoms with Gasteiger partial charge in [-0.05, 0) is 12.1 Å². The van der Waals surface area contributed by atoms with E-state index >= 15 is 0 Å². The van der Waals surface area contributed by atoms with E-state index in [0.717, 1.165) is 4.31 Å². The van der Waals surface area contributed by atoms with Crippen LogP contribution in [0.4, 0.5) is 0 Å². The molecule has 0 spiro atoms.